The van der Waals surface area contributed by atoms with E-state index in [1.165, 1.54) is 6.20 Å². The van der Waals surface area contributed by atoms with Crippen molar-refractivity contribution < 1.29 is 19.1 Å². The molecule has 1 aliphatic heterocycles. The van der Waals surface area contributed by atoms with Crippen LogP contribution in [0.2, 0.25) is 0 Å². The minimum absolute atomic E-state index is 0.0865. The largest absolute Gasteiger partial charge is 0.478 e. The first kappa shape index (κ1) is 22.3. The minimum Gasteiger partial charge on any atom is -0.478 e. The molecule has 2 fully saturated rings. The van der Waals surface area contributed by atoms with Crippen molar-refractivity contribution in [3.63, 3.8) is 0 Å². The van der Waals surface area contributed by atoms with Gasteiger partial charge in [0.2, 0.25) is 0 Å². The third-order valence-corrected chi connectivity index (χ3v) is 6.94. The lowest BCUT2D eigenvalue weighted by atomic mass is 10.0. The van der Waals surface area contributed by atoms with E-state index < -0.39 is 11.8 Å². The summed E-state index contributed by atoms with van der Waals surface area (Å²) in [5.41, 5.74) is 2.61. The van der Waals surface area contributed by atoms with Crippen LogP contribution in [0.4, 0.5) is 4.39 Å². The molecule has 0 radical (unpaired) electrons. The zero-order valence-electron chi connectivity index (χ0n) is 19.2. The number of carbonyl (C=O) groups is 2. The van der Waals surface area contributed by atoms with E-state index in [1.807, 2.05) is 6.07 Å². The Hall–Kier alpha value is -3.48. The summed E-state index contributed by atoms with van der Waals surface area (Å²) >= 11 is 0. The van der Waals surface area contributed by atoms with E-state index in [1.54, 1.807) is 46.0 Å². The van der Waals surface area contributed by atoms with Gasteiger partial charge in [-0.1, -0.05) is 31.2 Å². The van der Waals surface area contributed by atoms with E-state index in [9.17, 15) is 14.7 Å². The highest BCUT2D eigenvalue weighted by Gasteiger charge is 2.33. The number of hydrogen-bond acceptors (Lipinski definition) is 3. The molecule has 1 aromatic heterocycles. The van der Waals surface area contributed by atoms with Crippen molar-refractivity contribution in [1.29, 1.82) is 0 Å². The molecule has 1 saturated heterocycles. The predicted molar refractivity (Wildman–Crippen MR) is 127 cm³/mol. The summed E-state index contributed by atoms with van der Waals surface area (Å²) in [5.74, 6) is -1.05. The van der Waals surface area contributed by atoms with Crippen molar-refractivity contribution in [3.8, 4) is 16.8 Å². The third-order valence-electron chi connectivity index (χ3n) is 6.94. The summed E-state index contributed by atoms with van der Waals surface area (Å²) in [6, 6.07) is 12.2. The number of rotatable bonds is 5. The topological polar surface area (TPSA) is 75.4 Å². The summed E-state index contributed by atoms with van der Waals surface area (Å²) in [7, 11) is 0. The van der Waals surface area contributed by atoms with Crippen molar-refractivity contribution >= 4 is 11.9 Å². The van der Waals surface area contributed by atoms with Crippen LogP contribution >= 0.6 is 0 Å². The Morgan fingerprint density at radius 1 is 1.03 bits per heavy atom. The SMILES string of the molecule is CC1CCCN(C(=O)c2cccc(-c3cccc(-n4ncc(C(=O)O)c4C4CC4)c3)c2F)CC1. The Morgan fingerprint density at radius 3 is 2.59 bits per heavy atom. The Kier molecular flexibility index (Phi) is 5.94. The molecule has 1 amide bonds. The van der Waals surface area contributed by atoms with Crippen LogP contribution in [0.15, 0.2) is 48.7 Å². The average Bonchev–Trinajstić information content (AvgIpc) is 3.61. The van der Waals surface area contributed by atoms with Crippen LogP contribution in [0.25, 0.3) is 16.8 Å². The molecule has 0 bridgehead atoms. The number of benzene rings is 2. The normalized spacial score (nSPS) is 18.5. The smallest absolute Gasteiger partial charge is 0.339 e. The lowest BCUT2D eigenvalue weighted by Gasteiger charge is -2.21. The van der Waals surface area contributed by atoms with Crippen molar-refractivity contribution in [1.82, 2.24) is 14.7 Å². The van der Waals surface area contributed by atoms with Gasteiger partial charge in [0.15, 0.2) is 0 Å². The molecule has 34 heavy (non-hydrogen) atoms. The molecule has 6 nitrogen and oxygen atoms in total. The van der Waals surface area contributed by atoms with Crippen LogP contribution in [0.5, 0.6) is 0 Å². The number of aromatic carboxylic acids is 1. The Bertz CT molecular complexity index is 1250. The molecule has 1 saturated carbocycles. The van der Waals surface area contributed by atoms with E-state index in [4.69, 9.17) is 0 Å². The molecule has 1 atom stereocenters. The fraction of sp³-hybridized carbons (Fsp3) is 0.370. The number of nitrogens with zero attached hydrogens (tertiary/aromatic N) is 3. The van der Waals surface area contributed by atoms with Crippen LogP contribution in [-0.4, -0.2) is 44.8 Å². The maximum absolute atomic E-state index is 15.7. The molecule has 1 aliphatic carbocycles. The van der Waals surface area contributed by atoms with Gasteiger partial charge >= 0.3 is 5.97 Å². The van der Waals surface area contributed by atoms with Crippen LogP contribution in [-0.2, 0) is 0 Å². The molecule has 1 N–H and O–H groups in total. The standard InChI is InChI=1S/C27H28FN3O3/c1-17-5-4-13-30(14-12-17)26(32)22-9-3-8-21(24(22)28)19-6-2-7-20(15-19)31-25(18-10-11-18)23(16-29-31)27(33)34/h2-3,6-9,15-18H,4-5,10-14H2,1H3,(H,33,34). The Morgan fingerprint density at radius 2 is 1.82 bits per heavy atom. The first-order valence-electron chi connectivity index (χ1n) is 11.9. The molecule has 1 unspecified atom stereocenters. The van der Waals surface area contributed by atoms with Crippen LogP contribution in [0.1, 0.15) is 71.4 Å². The van der Waals surface area contributed by atoms with Gasteiger partial charge in [0.05, 0.1) is 23.1 Å². The monoisotopic (exact) mass is 461 g/mol. The number of carbonyl (C=O) groups excluding carboxylic acids is 1. The number of carboxylic acids is 1. The molecule has 2 aliphatic rings. The lowest BCUT2D eigenvalue weighted by Crippen LogP contribution is -2.32. The zero-order valence-corrected chi connectivity index (χ0v) is 19.2. The second kappa shape index (κ2) is 9.05. The minimum atomic E-state index is -0.996. The third kappa shape index (κ3) is 4.22. The first-order chi connectivity index (χ1) is 16.4. The van der Waals surface area contributed by atoms with Gasteiger partial charge in [0.25, 0.3) is 5.91 Å². The fourth-order valence-electron chi connectivity index (χ4n) is 4.84. The maximum Gasteiger partial charge on any atom is 0.339 e. The highest BCUT2D eigenvalue weighted by Crippen LogP contribution is 2.42. The van der Waals surface area contributed by atoms with Crippen LogP contribution in [0, 0.1) is 11.7 Å². The Balaban J connectivity index is 1.49. The molecule has 176 valence electrons. The summed E-state index contributed by atoms with van der Waals surface area (Å²) in [6.07, 6.45) is 6.19. The van der Waals surface area contributed by atoms with Gasteiger partial charge in [-0.3, -0.25) is 4.79 Å². The lowest BCUT2D eigenvalue weighted by molar-refractivity contribution is 0.0694. The number of likely N-dealkylation sites (tertiary alicyclic amines) is 1. The first-order valence-corrected chi connectivity index (χ1v) is 11.9. The van der Waals surface area contributed by atoms with E-state index in [0.717, 1.165) is 32.1 Å². The summed E-state index contributed by atoms with van der Waals surface area (Å²) in [5, 5.41) is 13.9. The van der Waals surface area contributed by atoms with E-state index in [0.29, 0.717) is 41.5 Å². The summed E-state index contributed by atoms with van der Waals surface area (Å²) < 4.78 is 17.3. The van der Waals surface area contributed by atoms with Gasteiger partial charge in [-0.25, -0.2) is 13.9 Å². The van der Waals surface area contributed by atoms with Crippen molar-refractivity contribution in [3.05, 3.63) is 71.3 Å². The number of hydrogen-bond donors (Lipinski definition) is 1. The Labute approximate surface area is 198 Å². The van der Waals surface area contributed by atoms with Crippen molar-refractivity contribution in [2.24, 2.45) is 5.92 Å². The number of aromatic nitrogens is 2. The molecule has 0 spiro atoms. The van der Waals surface area contributed by atoms with Crippen molar-refractivity contribution in [2.45, 2.75) is 44.9 Å². The molecular weight excluding hydrogens is 433 g/mol. The highest BCUT2D eigenvalue weighted by molar-refractivity contribution is 5.96. The van der Waals surface area contributed by atoms with Gasteiger partial charge in [-0.15, -0.1) is 0 Å². The predicted octanol–water partition coefficient (Wildman–Crippen LogP) is 5.52. The van der Waals surface area contributed by atoms with Gasteiger partial charge in [-0.2, -0.15) is 5.10 Å². The van der Waals surface area contributed by atoms with E-state index >= 15 is 4.39 Å². The van der Waals surface area contributed by atoms with Gasteiger partial charge in [0, 0.05) is 24.6 Å². The van der Waals surface area contributed by atoms with Crippen LogP contribution in [0.3, 0.4) is 0 Å². The summed E-state index contributed by atoms with van der Waals surface area (Å²) in [6.45, 7) is 3.49. The second-order valence-corrected chi connectivity index (χ2v) is 9.48. The molecule has 7 heteroatoms. The highest BCUT2D eigenvalue weighted by atomic mass is 19.1. The van der Waals surface area contributed by atoms with Gasteiger partial charge in [0.1, 0.15) is 11.4 Å². The number of amides is 1. The summed E-state index contributed by atoms with van der Waals surface area (Å²) in [4.78, 5) is 26.6. The molecule has 2 aromatic carbocycles. The molecule has 2 heterocycles. The number of carboxylic acid groups (broad SMARTS) is 1. The molecular formula is C27H28FN3O3. The second-order valence-electron chi connectivity index (χ2n) is 9.48. The van der Waals surface area contributed by atoms with Crippen LogP contribution < -0.4 is 0 Å². The number of halogens is 1. The quantitative estimate of drug-likeness (QED) is 0.543. The molecule has 5 rings (SSSR count). The maximum atomic E-state index is 15.7. The fourth-order valence-corrected chi connectivity index (χ4v) is 4.84. The van der Waals surface area contributed by atoms with E-state index in [2.05, 4.69) is 12.0 Å². The zero-order chi connectivity index (χ0) is 23.8. The average molecular weight is 462 g/mol. The van der Waals surface area contributed by atoms with Gasteiger partial charge < -0.3 is 10.0 Å². The van der Waals surface area contributed by atoms with Gasteiger partial charge in [-0.05, 0) is 61.8 Å². The van der Waals surface area contributed by atoms with Crippen molar-refractivity contribution in [2.75, 3.05) is 13.1 Å². The van der Waals surface area contributed by atoms with E-state index in [-0.39, 0.29) is 23.0 Å². The molecule has 3 aromatic rings.